The second kappa shape index (κ2) is 6.60. The highest BCUT2D eigenvalue weighted by atomic mass is 19.1. The van der Waals surface area contributed by atoms with Crippen LogP contribution in [0.3, 0.4) is 0 Å². The molecule has 1 N–H and O–H groups in total. The van der Waals surface area contributed by atoms with Crippen LogP contribution in [0.4, 0.5) is 10.1 Å². The van der Waals surface area contributed by atoms with Gasteiger partial charge in [0, 0.05) is 31.8 Å². The Balaban J connectivity index is 2.13. The molecule has 1 fully saturated rings. The number of carbonyl (C=O) groups excluding carboxylic acids is 1. The summed E-state index contributed by atoms with van der Waals surface area (Å²) in [5, 5.41) is 2.95. The first-order valence-corrected chi connectivity index (χ1v) is 7.79. The summed E-state index contributed by atoms with van der Waals surface area (Å²) in [6.45, 7) is 0.305. The molecule has 0 spiro atoms. The van der Waals surface area contributed by atoms with Gasteiger partial charge in [0.25, 0.3) is 0 Å². The van der Waals surface area contributed by atoms with E-state index < -0.39 is 17.2 Å². The Hall–Kier alpha value is -2.41. The minimum absolute atomic E-state index is 0.0588. The smallest absolute Gasteiger partial charge is 0.343 e. The van der Waals surface area contributed by atoms with Crippen molar-refractivity contribution in [3.63, 3.8) is 0 Å². The van der Waals surface area contributed by atoms with Gasteiger partial charge in [0.15, 0.2) is 0 Å². The number of hydrogen-bond acceptors (Lipinski definition) is 5. The van der Waals surface area contributed by atoms with Crippen LogP contribution >= 0.6 is 0 Å². The maximum Gasteiger partial charge on any atom is 0.343 e. The van der Waals surface area contributed by atoms with Gasteiger partial charge in [-0.15, -0.1) is 0 Å². The second-order valence-corrected chi connectivity index (χ2v) is 5.74. The first-order valence-electron chi connectivity index (χ1n) is 7.79. The third-order valence-electron chi connectivity index (χ3n) is 4.07. The van der Waals surface area contributed by atoms with Crippen LogP contribution in [-0.2, 0) is 9.47 Å². The number of nitrogens with one attached hydrogen (secondary N) is 1. The summed E-state index contributed by atoms with van der Waals surface area (Å²) < 4.78 is 25.8. The summed E-state index contributed by atoms with van der Waals surface area (Å²) in [5.74, 6) is -1.25. The van der Waals surface area contributed by atoms with Gasteiger partial charge >= 0.3 is 5.97 Å². The van der Waals surface area contributed by atoms with Crippen LogP contribution in [0.25, 0.3) is 10.9 Å². The molecule has 1 saturated carbocycles. The normalized spacial score (nSPS) is 14.0. The molecule has 3 rings (SSSR count). The summed E-state index contributed by atoms with van der Waals surface area (Å²) in [7, 11) is 3.11. The van der Waals surface area contributed by atoms with E-state index >= 15 is 0 Å². The van der Waals surface area contributed by atoms with Crippen molar-refractivity contribution in [2.45, 2.75) is 18.9 Å². The van der Waals surface area contributed by atoms with Gasteiger partial charge in [0.05, 0.1) is 17.8 Å². The molecule has 7 heteroatoms. The molecule has 24 heavy (non-hydrogen) atoms. The molecule has 0 aliphatic heterocycles. The number of carbonyl (C=O) groups is 1. The second-order valence-electron chi connectivity index (χ2n) is 5.74. The molecule has 1 aliphatic rings. The molecular formula is C17H19FN2O4. The van der Waals surface area contributed by atoms with E-state index in [0.717, 1.165) is 12.8 Å². The highest BCUT2D eigenvalue weighted by Gasteiger charge is 2.27. The lowest BCUT2D eigenvalue weighted by Crippen LogP contribution is -2.22. The number of benzene rings is 1. The monoisotopic (exact) mass is 334 g/mol. The van der Waals surface area contributed by atoms with Crippen LogP contribution in [0.5, 0.6) is 0 Å². The van der Waals surface area contributed by atoms with E-state index in [4.69, 9.17) is 9.47 Å². The molecule has 1 heterocycles. The Labute approximate surface area is 138 Å². The molecule has 0 unspecified atom stereocenters. The first-order chi connectivity index (χ1) is 11.6. The zero-order valence-electron chi connectivity index (χ0n) is 13.6. The quantitative estimate of drug-likeness (QED) is 0.648. The molecule has 1 aliphatic carbocycles. The first kappa shape index (κ1) is 16.4. The van der Waals surface area contributed by atoms with Gasteiger partial charge in [-0.2, -0.15) is 0 Å². The predicted molar refractivity (Wildman–Crippen MR) is 88.1 cm³/mol. The lowest BCUT2D eigenvalue weighted by atomic mass is 10.1. The minimum atomic E-state index is -0.716. The van der Waals surface area contributed by atoms with Crippen molar-refractivity contribution >= 4 is 22.6 Å². The van der Waals surface area contributed by atoms with Crippen LogP contribution in [0, 0.1) is 5.82 Å². The number of aromatic nitrogens is 1. The van der Waals surface area contributed by atoms with Crippen LogP contribution < -0.4 is 10.7 Å². The van der Waals surface area contributed by atoms with Crippen LogP contribution in [0.1, 0.15) is 29.2 Å². The van der Waals surface area contributed by atoms with E-state index in [9.17, 15) is 14.0 Å². The van der Waals surface area contributed by atoms with Crippen molar-refractivity contribution in [3.8, 4) is 0 Å². The maximum absolute atomic E-state index is 14.1. The minimum Gasteiger partial charge on any atom is -0.460 e. The topological polar surface area (TPSA) is 69.6 Å². The van der Waals surface area contributed by atoms with Crippen molar-refractivity contribution < 1.29 is 18.7 Å². The number of hydrogen-bond donors (Lipinski definition) is 1. The number of rotatable bonds is 6. The van der Waals surface area contributed by atoms with Gasteiger partial charge in [0.1, 0.15) is 18.0 Å². The van der Waals surface area contributed by atoms with Crippen molar-refractivity contribution in [2.24, 2.45) is 0 Å². The third-order valence-corrected chi connectivity index (χ3v) is 4.07. The Morgan fingerprint density at radius 1 is 1.38 bits per heavy atom. The third kappa shape index (κ3) is 2.99. The number of esters is 1. The fourth-order valence-electron chi connectivity index (χ4n) is 2.66. The Kier molecular flexibility index (Phi) is 4.53. The maximum atomic E-state index is 14.1. The van der Waals surface area contributed by atoms with Gasteiger partial charge in [-0.1, -0.05) is 0 Å². The molecule has 6 nitrogen and oxygen atoms in total. The lowest BCUT2D eigenvalue weighted by Gasteiger charge is -2.14. The Bertz CT molecular complexity index is 843. The molecule has 1 aromatic heterocycles. The summed E-state index contributed by atoms with van der Waals surface area (Å²) in [6.07, 6.45) is 3.44. The summed E-state index contributed by atoms with van der Waals surface area (Å²) in [5.41, 5.74) is 0.321. The molecular weight excluding hydrogens is 315 g/mol. The summed E-state index contributed by atoms with van der Waals surface area (Å²) in [6, 6.07) is 2.99. The van der Waals surface area contributed by atoms with Crippen LogP contribution in [-0.4, -0.2) is 37.9 Å². The van der Waals surface area contributed by atoms with Gasteiger partial charge in [-0.3, -0.25) is 4.79 Å². The molecule has 128 valence electrons. The Morgan fingerprint density at radius 3 is 2.75 bits per heavy atom. The number of halogens is 1. The zero-order chi connectivity index (χ0) is 17.3. The van der Waals surface area contributed by atoms with E-state index in [0.29, 0.717) is 11.2 Å². The molecule has 0 amide bonds. The highest BCUT2D eigenvalue weighted by Crippen LogP contribution is 2.37. The van der Waals surface area contributed by atoms with Gasteiger partial charge < -0.3 is 19.4 Å². The fraction of sp³-hybridized carbons (Fsp3) is 0.412. The van der Waals surface area contributed by atoms with E-state index in [1.165, 1.54) is 19.4 Å². The molecule has 2 aromatic rings. The van der Waals surface area contributed by atoms with E-state index in [1.807, 2.05) is 4.57 Å². The van der Waals surface area contributed by atoms with E-state index in [2.05, 4.69) is 5.32 Å². The fourth-order valence-corrected chi connectivity index (χ4v) is 2.66. The Morgan fingerprint density at radius 2 is 2.12 bits per heavy atom. The van der Waals surface area contributed by atoms with Gasteiger partial charge in [-0.05, 0) is 25.0 Å². The highest BCUT2D eigenvalue weighted by molar-refractivity contribution is 5.94. The van der Waals surface area contributed by atoms with Crippen molar-refractivity contribution in [1.82, 2.24) is 4.57 Å². The molecule has 1 aromatic carbocycles. The number of pyridine rings is 1. The average molecular weight is 334 g/mol. The van der Waals surface area contributed by atoms with Gasteiger partial charge in [0.2, 0.25) is 5.43 Å². The SMILES string of the molecule is CNc1cc2c(cc1F)c(=O)c(C(=O)OCCOC)cn2C1CC1. The number of anilines is 1. The number of ether oxygens (including phenoxy) is 2. The van der Waals surface area contributed by atoms with Gasteiger partial charge in [-0.25, -0.2) is 9.18 Å². The summed E-state index contributed by atoms with van der Waals surface area (Å²) >= 11 is 0. The molecule has 0 radical (unpaired) electrons. The van der Waals surface area contributed by atoms with Crippen LogP contribution in [0.2, 0.25) is 0 Å². The van der Waals surface area contributed by atoms with Crippen molar-refractivity contribution in [2.75, 3.05) is 32.7 Å². The molecule has 0 saturated heterocycles. The zero-order valence-corrected chi connectivity index (χ0v) is 13.6. The lowest BCUT2D eigenvalue weighted by molar-refractivity contribution is 0.0386. The largest absolute Gasteiger partial charge is 0.460 e. The number of fused-ring (bicyclic) bond motifs is 1. The van der Waals surface area contributed by atoms with Crippen molar-refractivity contribution in [1.29, 1.82) is 0 Å². The number of methoxy groups -OCH3 is 1. The van der Waals surface area contributed by atoms with Crippen LogP contribution in [0.15, 0.2) is 23.1 Å². The molecule has 0 bridgehead atoms. The van der Waals surface area contributed by atoms with E-state index in [-0.39, 0.29) is 30.2 Å². The standard InChI is InChI=1S/C17H19FN2O4/c1-19-14-8-15-11(7-13(14)18)16(21)12(9-20(15)10-3-4-10)17(22)24-6-5-23-2/h7-10,19H,3-6H2,1-2H3. The average Bonchev–Trinajstić information content (AvgIpc) is 3.40. The molecule has 0 atom stereocenters. The van der Waals surface area contributed by atoms with Crippen molar-refractivity contribution in [3.05, 3.63) is 39.9 Å². The number of nitrogens with zero attached hydrogens (tertiary/aromatic N) is 1. The summed E-state index contributed by atoms with van der Waals surface area (Å²) in [4.78, 5) is 24.8. The van der Waals surface area contributed by atoms with E-state index in [1.54, 1.807) is 13.1 Å². The predicted octanol–water partition coefficient (Wildman–Crippen LogP) is 2.32.